The second-order valence-electron chi connectivity index (χ2n) is 4.61. The van der Waals surface area contributed by atoms with Crippen LogP contribution in [0.25, 0.3) is 0 Å². The topological polar surface area (TPSA) is 64.3 Å². The van der Waals surface area contributed by atoms with Crippen molar-refractivity contribution in [3.05, 3.63) is 58.6 Å². The summed E-state index contributed by atoms with van der Waals surface area (Å²) in [5, 5.41) is 3.40. The van der Waals surface area contributed by atoms with Gasteiger partial charge in [-0.2, -0.15) is 0 Å². The van der Waals surface area contributed by atoms with Crippen molar-refractivity contribution in [3.8, 4) is 5.75 Å². The number of anilines is 1. The minimum Gasteiger partial charge on any atom is -0.483 e. The molecule has 0 bridgehead atoms. The Morgan fingerprint density at radius 3 is 2.76 bits per heavy atom. The Morgan fingerprint density at radius 1 is 1.29 bits per heavy atom. The Hall–Kier alpha value is -2.04. The van der Waals surface area contributed by atoms with Gasteiger partial charge in [0.2, 0.25) is 0 Å². The maximum Gasteiger partial charge on any atom is 0.262 e. The van der Waals surface area contributed by atoms with Crippen molar-refractivity contribution in [1.82, 2.24) is 0 Å². The Balaban J connectivity index is 1.97. The molecular weight excluding hydrogens is 288 g/mol. The van der Waals surface area contributed by atoms with Crippen LogP contribution in [0.5, 0.6) is 5.75 Å². The van der Waals surface area contributed by atoms with Crippen molar-refractivity contribution < 1.29 is 9.53 Å². The molecule has 3 N–H and O–H groups in total. The molecule has 21 heavy (non-hydrogen) atoms. The van der Waals surface area contributed by atoms with Crippen molar-refractivity contribution in [3.63, 3.8) is 0 Å². The van der Waals surface area contributed by atoms with Crippen LogP contribution in [0.15, 0.2) is 42.5 Å². The molecule has 0 saturated carbocycles. The van der Waals surface area contributed by atoms with Crippen LogP contribution in [-0.4, -0.2) is 12.5 Å². The molecule has 0 saturated heterocycles. The smallest absolute Gasteiger partial charge is 0.262 e. The van der Waals surface area contributed by atoms with Gasteiger partial charge in [-0.15, -0.1) is 0 Å². The molecule has 0 aliphatic carbocycles. The zero-order chi connectivity index (χ0) is 15.2. The maximum atomic E-state index is 11.9. The van der Waals surface area contributed by atoms with Gasteiger partial charge in [0.05, 0.1) is 0 Å². The largest absolute Gasteiger partial charge is 0.483 e. The number of hydrogen-bond donors (Lipinski definition) is 2. The first-order valence-electron chi connectivity index (χ1n) is 6.57. The Bertz CT molecular complexity index is 644. The van der Waals surface area contributed by atoms with E-state index in [4.69, 9.17) is 22.1 Å². The zero-order valence-corrected chi connectivity index (χ0v) is 12.5. The molecule has 0 aliphatic heterocycles. The van der Waals surface area contributed by atoms with E-state index in [-0.39, 0.29) is 12.5 Å². The third-order valence-corrected chi connectivity index (χ3v) is 3.26. The number of benzene rings is 2. The van der Waals surface area contributed by atoms with Crippen molar-refractivity contribution in [2.24, 2.45) is 5.73 Å². The first-order valence-corrected chi connectivity index (χ1v) is 6.94. The molecule has 0 fully saturated rings. The van der Waals surface area contributed by atoms with Gasteiger partial charge in [0.1, 0.15) is 5.75 Å². The monoisotopic (exact) mass is 304 g/mol. The minimum absolute atomic E-state index is 0.0804. The summed E-state index contributed by atoms with van der Waals surface area (Å²) in [7, 11) is 0. The normalized spacial score (nSPS) is 10.2. The molecular formula is C16H17ClN2O2. The molecule has 0 spiro atoms. The summed E-state index contributed by atoms with van der Waals surface area (Å²) in [6.07, 6.45) is 0. The number of carbonyl (C=O) groups is 1. The van der Waals surface area contributed by atoms with Gasteiger partial charge < -0.3 is 15.8 Å². The Kier molecular flexibility index (Phi) is 5.20. The fourth-order valence-electron chi connectivity index (χ4n) is 1.89. The SMILES string of the molecule is Cc1ccccc1NC(=O)COc1ccc(Cl)cc1CN. The molecule has 110 valence electrons. The van der Waals surface area contributed by atoms with E-state index in [2.05, 4.69) is 5.32 Å². The number of nitrogens with one attached hydrogen (secondary N) is 1. The highest BCUT2D eigenvalue weighted by molar-refractivity contribution is 6.30. The molecule has 2 aromatic rings. The molecule has 0 radical (unpaired) electrons. The van der Waals surface area contributed by atoms with Gasteiger partial charge in [-0.25, -0.2) is 0 Å². The highest BCUT2D eigenvalue weighted by atomic mass is 35.5. The van der Waals surface area contributed by atoms with E-state index in [0.717, 1.165) is 16.8 Å². The van der Waals surface area contributed by atoms with Gasteiger partial charge in [-0.05, 0) is 36.8 Å². The zero-order valence-electron chi connectivity index (χ0n) is 11.7. The second kappa shape index (κ2) is 7.11. The predicted octanol–water partition coefficient (Wildman–Crippen LogP) is 3.12. The van der Waals surface area contributed by atoms with Gasteiger partial charge in [-0.3, -0.25) is 4.79 Å². The molecule has 1 amide bonds. The van der Waals surface area contributed by atoms with Crippen molar-refractivity contribution in [1.29, 1.82) is 0 Å². The maximum absolute atomic E-state index is 11.9. The standard InChI is InChI=1S/C16H17ClN2O2/c1-11-4-2-3-5-14(11)19-16(20)10-21-15-7-6-13(17)8-12(15)9-18/h2-8H,9-10,18H2,1H3,(H,19,20). The van der Waals surface area contributed by atoms with E-state index >= 15 is 0 Å². The number of carbonyl (C=O) groups excluding carboxylic acids is 1. The summed E-state index contributed by atoms with van der Waals surface area (Å²) in [6.45, 7) is 2.15. The molecule has 0 atom stereocenters. The molecule has 0 aliphatic rings. The molecule has 2 rings (SSSR count). The predicted molar refractivity (Wildman–Crippen MR) is 84.6 cm³/mol. The van der Waals surface area contributed by atoms with Gasteiger partial charge in [0, 0.05) is 22.8 Å². The van der Waals surface area contributed by atoms with Crippen LogP contribution in [0.3, 0.4) is 0 Å². The molecule has 0 unspecified atom stereocenters. The Labute approximate surface area is 128 Å². The molecule has 5 heteroatoms. The highest BCUT2D eigenvalue weighted by Gasteiger charge is 2.08. The van der Waals surface area contributed by atoms with Crippen LogP contribution >= 0.6 is 11.6 Å². The lowest BCUT2D eigenvalue weighted by Crippen LogP contribution is -2.21. The van der Waals surface area contributed by atoms with Gasteiger partial charge in [0.25, 0.3) is 5.91 Å². The molecule has 2 aromatic carbocycles. The first-order chi connectivity index (χ1) is 10.1. The number of para-hydroxylation sites is 1. The van der Waals surface area contributed by atoms with Crippen LogP contribution < -0.4 is 15.8 Å². The lowest BCUT2D eigenvalue weighted by atomic mass is 10.2. The van der Waals surface area contributed by atoms with E-state index in [1.54, 1.807) is 18.2 Å². The summed E-state index contributed by atoms with van der Waals surface area (Å²) in [5.41, 5.74) is 8.18. The van der Waals surface area contributed by atoms with Crippen molar-refractivity contribution in [2.75, 3.05) is 11.9 Å². The van der Waals surface area contributed by atoms with Crippen LogP contribution in [0.1, 0.15) is 11.1 Å². The van der Waals surface area contributed by atoms with E-state index in [1.807, 2.05) is 31.2 Å². The molecule has 0 aromatic heterocycles. The van der Waals surface area contributed by atoms with Crippen LogP contribution in [0.4, 0.5) is 5.69 Å². The van der Waals surface area contributed by atoms with Crippen LogP contribution in [-0.2, 0) is 11.3 Å². The van der Waals surface area contributed by atoms with Gasteiger partial charge in [-0.1, -0.05) is 29.8 Å². The van der Waals surface area contributed by atoms with Gasteiger partial charge >= 0.3 is 0 Å². The quantitative estimate of drug-likeness (QED) is 0.892. The number of amides is 1. The van der Waals surface area contributed by atoms with Gasteiger partial charge in [0.15, 0.2) is 6.61 Å². The first kappa shape index (κ1) is 15.4. The number of nitrogens with two attached hydrogens (primary N) is 1. The summed E-state index contributed by atoms with van der Waals surface area (Å²) < 4.78 is 5.51. The third-order valence-electron chi connectivity index (χ3n) is 3.02. The number of rotatable bonds is 5. The average Bonchev–Trinajstić information content (AvgIpc) is 2.48. The average molecular weight is 305 g/mol. The number of ether oxygens (including phenoxy) is 1. The van der Waals surface area contributed by atoms with Crippen molar-refractivity contribution in [2.45, 2.75) is 13.5 Å². The third kappa shape index (κ3) is 4.21. The molecule has 4 nitrogen and oxygen atoms in total. The number of aryl methyl sites for hydroxylation is 1. The minimum atomic E-state index is -0.220. The fourth-order valence-corrected chi connectivity index (χ4v) is 2.09. The van der Waals surface area contributed by atoms with E-state index in [9.17, 15) is 4.79 Å². The number of hydrogen-bond acceptors (Lipinski definition) is 3. The van der Waals surface area contributed by atoms with Crippen LogP contribution in [0, 0.1) is 6.92 Å². The molecule has 0 heterocycles. The second-order valence-corrected chi connectivity index (χ2v) is 5.04. The lowest BCUT2D eigenvalue weighted by molar-refractivity contribution is -0.118. The van der Waals surface area contributed by atoms with E-state index in [1.165, 1.54) is 0 Å². The van der Waals surface area contributed by atoms with E-state index < -0.39 is 0 Å². The van der Waals surface area contributed by atoms with Crippen LogP contribution in [0.2, 0.25) is 5.02 Å². The van der Waals surface area contributed by atoms with E-state index in [0.29, 0.717) is 17.3 Å². The summed E-state index contributed by atoms with van der Waals surface area (Å²) in [5.74, 6) is 0.351. The fraction of sp³-hybridized carbons (Fsp3) is 0.188. The Morgan fingerprint density at radius 2 is 2.05 bits per heavy atom. The summed E-state index contributed by atoms with van der Waals surface area (Å²) in [6, 6.07) is 12.7. The summed E-state index contributed by atoms with van der Waals surface area (Å²) in [4.78, 5) is 11.9. The lowest BCUT2D eigenvalue weighted by Gasteiger charge is -2.12. The highest BCUT2D eigenvalue weighted by Crippen LogP contribution is 2.22. The number of halogens is 1. The summed E-state index contributed by atoms with van der Waals surface area (Å²) >= 11 is 5.89. The van der Waals surface area contributed by atoms with Crippen molar-refractivity contribution >= 4 is 23.2 Å².